The first-order chi connectivity index (χ1) is 9.58. The number of amides is 1. The average Bonchev–Trinajstić information content (AvgIpc) is 2.57. The number of fused-ring (bicyclic) bond motifs is 1. The lowest BCUT2D eigenvalue weighted by molar-refractivity contribution is -0.121. The molecule has 1 unspecified atom stereocenters. The Morgan fingerprint density at radius 1 is 1.45 bits per heavy atom. The van der Waals surface area contributed by atoms with Gasteiger partial charge in [0, 0.05) is 19.5 Å². The summed E-state index contributed by atoms with van der Waals surface area (Å²) in [4.78, 5) is 23.9. The van der Waals surface area contributed by atoms with E-state index in [9.17, 15) is 9.59 Å². The standard InChI is InChI=1S/C13H22N4O3/c1-10(18)6-7-14-12(19)9-17-13(20)16-8-4-2-3-5-11(16)15-17/h10,18H,2-9H2,1H3,(H,14,19). The molecular weight excluding hydrogens is 260 g/mol. The molecule has 7 nitrogen and oxygen atoms in total. The third-order valence-corrected chi connectivity index (χ3v) is 3.46. The number of aromatic nitrogens is 3. The summed E-state index contributed by atoms with van der Waals surface area (Å²) < 4.78 is 2.91. The summed E-state index contributed by atoms with van der Waals surface area (Å²) in [6.07, 6.45) is 3.99. The minimum atomic E-state index is -0.443. The predicted molar refractivity (Wildman–Crippen MR) is 73.3 cm³/mol. The van der Waals surface area contributed by atoms with Gasteiger partial charge in [-0.2, -0.15) is 5.10 Å². The minimum absolute atomic E-state index is 0.0569. The van der Waals surface area contributed by atoms with Crippen molar-refractivity contribution in [2.24, 2.45) is 0 Å². The predicted octanol–water partition coefficient (Wildman–Crippen LogP) is -0.342. The van der Waals surface area contributed by atoms with Crippen LogP contribution in [-0.2, 0) is 24.3 Å². The quantitative estimate of drug-likeness (QED) is 0.773. The van der Waals surface area contributed by atoms with Crippen molar-refractivity contribution < 1.29 is 9.90 Å². The maximum Gasteiger partial charge on any atom is 0.346 e. The van der Waals surface area contributed by atoms with Crippen molar-refractivity contribution in [3.8, 4) is 0 Å². The molecule has 1 aromatic heterocycles. The van der Waals surface area contributed by atoms with Crippen LogP contribution in [0.3, 0.4) is 0 Å². The summed E-state index contributed by atoms with van der Waals surface area (Å²) in [6, 6.07) is 0. The van der Waals surface area contributed by atoms with Crippen LogP contribution in [0.1, 0.15) is 38.4 Å². The van der Waals surface area contributed by atoms with Crippen LogP contribution in [0, 0.1) is 0 Å². The minimum Gasteiger partial charge on any atom is -0.393 e. The normalized spacial score (nSPS) is 16.3. The Morgan fingerprint density at radius 3 is 3.00 bits per heavy atom. The van der Waals surface area contributed by atoms with Gasteiger partial charge in [-0.1, -0.05) is 6.42 Å². The lowest BCUT2D eigenvalue weighted by Crippen LogP contribution is -2.34. The number of hydrogen-bond donors (Lipinski definition) is 2. The molecule has 0 aliphatic carbocycles. The van der Waals surface area contributed by atoms with Gasteiger partial charge in [-0.3, -0.25) is 9.36 Å². The summed E-state index contributed by atoms with van der Waals surface area (Å²) in [6.45, 7) is 2.71. The molecule has 0 aromatic carbocycles. The first-order valence-electron chi connectivity index (χ1n) is 7.19. The van der Waals surface area contributed by atoms with E-state index in [1.165, 1.54) is 4.68 Å². The zero-order valence-corrected chi connectivity index (χ0v) is 11.8. The third kappa shape index (κ3) is 3.69. The third-order valence-electron chi connectivity index (χ3n) is 3.46. The van der Waals surface area contributed by atoms with Crippen LogP contribution >= 0.6 is 0 Å². The first kappa shape index (κ1) is 14.8. The van der Waals surface area contributed by atoms with Crippen molar-refractivity contribution in [1.82, 2.24) is 19.7 Å². The van der Waals surface area contributed by atoms with E-state index in [-0.39, 0.29) is 18.1 Å². The molecule has 2 heterocycles. The number of aryl methyl sites for hydroxylation is 1. The van der Waals surface area contributed by atoms with Gasteiger partial charge in [0.1, 0.15) is 12.4 Å². The Bertz CT molecular complexity index is 518. The van der Waals surface area contributed by atoms with E-state index in [2.05, 4.69) is 10.4 Å². The Balaban J connectivity index is 1.96. The lowest BCUT2D eigenvalue weighted by atomic mass is 10.2. The fourth-order valence-corrected chi connectivity index (χ4v) is 2.34. The van der Waals surface area contributed by atoms with Gasteiger partial charge in [0.15, 0.2) is 0 Å². The van der Waals surface area contributed by atoms with Gasteiger partial charge in [0.25, 0.3) is 0 Å². The molecule has 1 aliphatic heterocycles. The molecular formula is C13H22N4O3. The van der Waals surface area contributed by atoms with Crippen molar-refractivity contribution in [1.29, 1.82) is 0 Å². The monoisotopic (exact) mass is 282 g/mol. The molecule has 0 spiro atoms. The molecule has 1 amide bonds. The topological polar surface area (TPSA) is 89.2 Å². The maximum absolute atomic E-state index is 12.1. The van der Waals surface area contributed by atoms with Gasteiger partial charge < -0.3 is 10.4 Å². The zero-order valence-electron chi connectivity index (χ0n) is 11.8. The molecule has 0 saturated heterocycles. The van der Waals surface area contributed by atoms with Gasteiger partial charge in [0.2, 0.25) is 5.91 Å². The summed E-state index contributed by atoms with van der Waals surface area (Å²) in [5, 5.41) is 16.0. The molecule has 7 heteroatoms. The van der Waals surface area contributed by atoms with Crippen LogP contribution in [-0.4, -0.2) is 38.0 Å². The highest BCUT2D eigenvalue weighted by Gasteiger charge is 2.17. The highest BCUT2D eigenvalue weighted by Crippen LogP contribution is 2.10. The highest BCUT2D eigenvalue weighted by atomic mass is 16.3. The summed E-state index contributed by atoms with van der Waals surface area (Å²) in [5.74, 6) is 0.533. The molecule has 1 aromatic rings. The number of aliphatic hydroxyl groups is 1. The fourth-order valence-electron chi connectivity index (χ4n) is 2.34. The van der Waals surface area contributed by atoms with E-state index in [1.54, 1.807) is 11.5 Å². The van der Waals surface area contributed by atoms with Crippen molar-refractivity contribution in [2.45, 2.75) is 58.2 Å². The molecule has 0 bridgehead atoms. The molecule has 0 saturated carbocycles. The van der Waals surface area contributed by atoms with Gasteiger partial charge in [0.05, 0.1) is 6.10 Å². The molecule has 2 rings (SSSR count). The Hall–Kier alpha value is -1.63. The van der Waals surface area contributed by atoms with Crippen LogP contribution in [0.15, 0.2) is 4.79 Å². The largest absolute Gasteiger partial charge is 0.393 e. The number of carbonyl (C=O) groups excluding carboxylic acids is 1. The maximum atomic E-state index is 12.1. The van der Waals surface area contributed by atoms with E-state index in [4.69, 9.17) is 5.11 Å². The number of nitrogens with zero attached hydrogens (tertiary/aromatic N) is 3. The van der Waals surface area contributed by atoms with E-state index >= 15 is 0 Å². The molecule has 1 atom stereocenters. The number of carbonyl (C=O) groups is 1. The van der Waals surface area contributed by atoms with E-state index in [0.717, 1.165) is 31.5 Å². The van der Waals surface area contributed by atoms with Crippen molar-refractivity contribution >= 4 is 5.91 Å². The van der Waals surface area contributed by atoms with Gasteiger partial charge >= 0.3 is 5.69 Å². The SMILES string of the molecule is CC(O)CCNC(=O)Cn1nc2n(c1=O)CCCCC2. The zero-order chi connectivity index (χ0) is 14.5. The Morgan fingerprint density at radius 2 is 2.25 bits per heavy atom. The van der Waals surface area contributed by atoms with Crippen LogP contribution in [0.2, 0.25) is 0 Å². The van der Waals surface area contributed by atoms with Crippen molar-refractivity contribution in [3.63, 3.8) is 0 Å². The summed E-state index contributed by atoms with van der Waals surface area (Å²) in [5.41, 5.74) is -0.201. The second-order valence-corrected chi connectivity index (χ2v) is 5.31. The fraction of sp³-hybridized carbons (Fsp3) is 0.769. The highest BCUT2D eigenvalue weighted by molar-refractivity contribution is 5.75. The van der Waals surface area contributed by atoms with Crippen LogP contribution in [0.5, 0.6) is 0 Å². The van der Waals surface area contributed by atoms with Crippen molar-refractivity contribution in [2.75, 3.05) is 6.54 Å². The molecule has 20 heavy (non-hydrogen) atoms. The van der Waals surface area contributed by atoms with Gasteiger partial charge in [-0.05, 0) is 26.2 Å². The Labute approximate surface area is 117 Å². The Kier molecular flexibility index (Phi) is 4.94. The van der Waals surface area contributed by atoms with E-state index in [1.807, 2.05) is 0 Å². The lowest BCUT2D eigenvalue weighted by Gasteiger charge is -2.06. The first-order valence-corrected chi connectivity index (χ1v) is 7.19. The molecule has 112 valence electrons. The molecule has 0 radical (unpaired) electrons. The van der Waals surface area contributed by atoms with Crippen LogP contribution < -0.4 is 11.0 Å². The smallest absolute Gasteiger partial charge is 0.346 e. The molecule has 2 N–H and O–H groups in total. The second-order valence-electron chi connectivity index (χ2n) is 5.31. The number of rotatable bonds is 5. The number of nitrogens with one attached hydrogen (secondary N) is 1. The van der Waals surface area contributed by atoms with Gasteiger partial charge in [-0.25, -0.2) is 9.48 Å². The summed E-state index contributed by atoms with van der Waals surface area (Å²) in [7, 11) is 0. The van der Waals surface area contributed by atoms with Crippen LogP contribution in [0.4, 0.5) is 0 Å². The van der Waals surface area contributed by atoms with Crippen LogP contribution in [0.25, 0.3) is 0 Å². The number of hydrogen-bond acceptors (Lipinski definition) is 4. The molecule has 1 aliphatic rings. The van der Waals surface area contributed by atoms with E-state index < -0.39 is 6.10 Å². The van der Waals surface area contributed by atoms with Gasteiger partial charge in [-0.15, -0.1) is 0 Å². The van der Waals surface area contributed by atoms with E-state index in [0.29, 0.717) is 19.5 Å². The van der Waals surface area contributed by atoms with Crippen molar-refractivity contribution in [3.05, 3.63) is 16.3 Å². The average molecular weight is 282 g/mol. The number of aliphatic hydroxyl groups excluding tert-OH is 1. The summed E-state index contributed by atoms with van der Waals surface area (Å²) >= 11 is 0. The molecule has 0 fully saturated rings. The second kappa shape index (κ2) is 6.69.